The number of methoxy groups -OCH3 is 1. The molecule has 0 saturated carbocycles. The van der Waals surface area contributed by atoms with E-state index in [0.29, 0.717) is 5.75 Å². The quantitative estimate of drug-likeness (QED) is 0.760. The predicted octanol–water partition coefficient (Wildman–Crippen LogP) is 1.73. The highest BCUT2D eigenvalue weighted by Crippen LogP contribution is 2.26. The first kappa shape index (κ1) is 11.0. The Bertz CT molecular complexity index is 400. The number of ether oxygens (including phenoxy) is 1. The van der Waals surface area contributed by atoms with Crippen LogP contribution in [-0.4, -0.2) is 13.1 Å². The van der Waals surface area contributed by atoms with Crippen molar-refractivity contribution in [2.24, 2.45) is 0 Å². The summed E-state index contributed by atoms with van der Waals surface area (Å²) in [4.78, 5) is 14.0. The third-order valence-electron chi connectivity index (χ3n) is 1.89. The molecule has 4 nitrogen and oxygen atoms in total. The summed E-state index contributed by atoms with van der Waals surface area (Å²) < 4.78 is 16.6. The number of nitrogens with zero attached hydrogens (tertiary/aromatic N) is 1. The van der Waals surface area contributed by atoms with E-state index in [4.69, 9.17) is 10.00 Å². The highest BCUT2D eigenvalue weighted by molar-refractivity contribution is 5.81. The van der Waals surface area contributed by atoms with Crippen molar-refractivity contribution in [1.29, 1.82) is 5.26 Å². The van der Waals surface area contributed by atoms with Gasteiger partial charge in [-0.2, -0.15) is 5.26 Å². The minimum absolute atomic E-state index is 0.283. The first-order chi connectivity index (χ1) is 7.24. The summed E-state index contributed by atoms with van der Waals surface area (Å²) in [6.45, 7) is 0. The van der Waals surface area contributed by atoms with Crippen LogP contribution < -0.4 is 4.74 Å². The van der Waals surface area contributed by atoms with Crippen LogP contribution in [0.1, 0.15) is 11.5 Å². The van der Waals surface area contributed by atoms with E-state index in [1.165, 1.54) is 13.2 Å². The molecule has 0 heterocycles. The monoisotopic (exact) mass is 209 g/mol. The van der Waals surface area contributed by atoms with Crippen LogP contribution in [0.15, 0.2) is 24.3 Å². The fourth-order valence-corrected chi connectivity index (χ4v) is 1.20. The second kappa shape index (κ2) is 4.96. The highest BCUT2D eigenvalue weighted by atomic mass is 19.3. The molecule has 0 amide bonds. The average Bonchev–Trinajstić information content (AvgIpc) is 2.30. The van der Waals surface area contributed by atoms with Crippen LogP contribution in [0.5, 0.6) is 5.75 Å². The average molecular weight is 209 g/mol. The second-order valence-electron chi connectivity index (χ2n) is 2.70. The van der Waals surface area contributed by atoms with E-state index in [2.05, 4.69) is 4.94 Å². The van der Waals surface area contributed by atoms with Crippen molar-refractivity contribution in [3.05, 3.63) is 29.8 Å². The second-order valence-corrected chi connectivity index (χ2v) is 2.70. The van der Waals surface area contributed by atoms with E-state index in [0.717, 1.165) is 0 Å². The SMILES string of the molecule is COc1ccccc1C(C#N)C(=O)OF. The maximum Gasteiger partial charge on any atom is 0.370 e. The topological polar surface area (TPSA) is 59.3 Å². The maximum atomic E-state index is 11.7. The lowest BCUT2D eigenvalue weighted by atomic mass is 10.00. The molecule has 0 N–H and O–H groups in total. The molecule has 15 heavy (non-hydrogen) atoms. The zero-order valence-corrected chi connectivity index (χ0v) is 7.94. The molecule has 0 aliphatic heterocycles. The van der Waals surface area contributed by atoms with Crippen molar-refractivity contribution in [3.63, 3.8) is 0 Å². The summed E-state index contributed by atoms with van der Waals surface area (Å²) in [5.74, 6) is -2.22. The van der Waals surface area contributed by atoms with Crippen LogP contribution in [0.2, 0.25) is 0 Å². The van der Waals surface area contributed by atoms with E-state index in [1.54, 1.807) is 24.3 Å². The normalized spacial score (nSPS) is 11.3. The third kappa shape index (κ3) is 2.23. The molecule has 1 rings (SSSR count). The van der Waals surface area contributed by atoms with E-state index >= 15 is 0 Å². The molecule has 78 valence electrons. The molecule has 0 aromatic heterocycles. The molecule has 0 bridgehead atoms. The van der Waals surface area contributed by atoms with Gasteiger partial charge in [-0.05, 0) is 6.07 Å². The van der Waals surface area contributed by atoms with Crippen molar-refractivity contribution >= 4 is 5.97 Å². The maximum absolute atomic E-state index is 11.7. The fraction of sp³-hybridized carbons (Fsp3) is 0.200. The Balaban J connectivity index is 3.13. The lowest BCUT2D eigenvalue weighted by Gasteiger charge is -2.09. The van der Waals surface area contributed by atoms with Crippen LogP contribution in [0, 0.1) is 11.3 Å². The minimum Gasteiger partial charge on any atom is -0.496 e. The molecule has 5 heteroatoms. The van der Waals surface area contributed by atoms with Gasteiger partial charge in [0.05, 0.1) is 13.2 Å². The minimum atomic E-state index is -1.31. The standard InChI is InChI=1S/C10H8FNO3/c1-14-9-5-3-2-4-7(9)8(6-12)10(13)15-11/h2-5,8H,1H3. The highest BCUT2D eigenvalue weighted by Gasteiger charge is 2.25. The smallest absolute Gasteiger partial charge is 0.370 e. The molecule has 0 radical (unpaired) electrons. The summed E-state index contributed by atoms with van der Waals surface area (Å²) in [7, 11) is 1.40. The number of halogens is 1. The fourth-order valence-electron chi connectivity index (χ4n) is 1.20. The van der Waals surface area contributed by atoms with E-state index < -0.39 is 11.9 Å². The zero-order valence-electron chi connectivity index (χ0n) is 7.94. The molecule has 1 aromatic carbocycles. The number of para-hydroxylation sites is 1. The van der Waals surface area contributed by atoms with Crippen molar-refractivity contribution in [2.75, 3.05) is 7.11 Å². The van der Waals surface area contributed by atoms with Gasteiger partial charge in [0.2, 0.25) is 0 Å². The van der Waals surface area contributed by atoms with Gasteiger partial charge in [-0.25, -0.2) is 4.79 Å². The van der Waals surface area contributed by atoms with Crippen molar-refractivity contribution in [3.8, 4) is 11.8 Å². The molecule has 0 saturated heterocycles. The Kier molecular flexibility index (Phi) is 3.63. The van der Waals surface area contributed by atoms with Crippen molar-refractivity contribution < 1.29 is 19.0 Å². The molecular weight excluding hydrogens is 201 g/mol. The van der Waals surface area contributed by atoms with Crippen LogP contribution in [0.4, 0.5) is 4.53 Å². The van der Waals surface area contributed by atoms with Gasteiger partial charge in [-0.3, -0.25) is 4.94 Å². The van der Waals surface area contributed by atoms with Crippen molar-refractivity contribution in [1.82, 2.24) is 0 Å². The first-order valence-corrected chi connectivity index (χ1v) is 4.09. The lowest BCUT2D eigenvalue weighted by molar-refractivity contribution is -0.184. The molecule has 1 unspecified atom stereocenters. The van der Waals surface area contributed by atoms with Gasteiger partial charge in [0, 0.05) is 10.1 Å². The summed E-state index contributed by atoms with van der Waals surface area (Å²) >= 11 is 0. The Labute approximate surface area is 85.7 Å². The predicted molar refractivity (Wildman–Crippen MR) is 48.5 cm³/mol. The Morgan fingerprint density at radius 3 is 2.73 bits per heavy atom. The van der Waals surface area contributed by atoms with Crippen LogP contribution in [0.3, 0.4) is 0 Å². The number of hydrogen-bond acceptors (Lipinski definition) is 4. The van der Waals surface area contributed by atoms with Gasteiger partial charge >= 0.3 is 5.97 Å². The number of carbonyl (C=O) groups is 1. The molecule has 1 aromatic rings. The molecule has 1 atom stereocenters. The van der Waals surface area contributed by atoms with Gasteiger partial charge in [-0.1, -0.05) is 18.2 Å². The number of rotatable bonds is 3. The Morgan fingerprint density at radius 1 is 1.53 bits per heavy atom. The largest absolute Gasteiger partial charge is 0.496 e. The van der Waals surface area contributed by atoms with Crippen LogP contribution in [0.25, 0.3) is 0 Å². The molecular formula is C10H8FNO3. The van der Waals surface area contributed by atoms with Crippen molar-refractivity contribution in [2.45, 2.75) is 5.92 Å². The van der Waals surface area contributed by atoms with Gasteiger partial charge in [0.15, 0.2) is 5.92 Å². The van der Waals surface area contributed by atoms with E-state index in [9.17, 15) is 9.32 Å². The van der Waals surface area contributed by atoms with Crippen LogP contribution >= 0.6 is 0 Å². The summed E-state index contributed by atoms with van der Waals surface area (Å²) in [5.41, 5.74) is 0.283. The van der Waals surface area contributed by atoms with Gasteiger partial charge in [-0.15, -0.1) is 0 Å². The first-order valence-electron chi connectivity index (χ1n) is 4.09. The molecule has 0 aliphatic rings. The summed E-state index contributed by atoms with van der Waals surface area (Å²) in [6, 6.07) is 8.02. The van der Waals surface area contributed by atoms with Gasteiger partial charge < -0.3 is 4.74 Å². The number of carbonyl (C=O) groups excluding carboxylic acids is 1. The molecule has 0 fully saturated rings. The summed E-state index contributed by atoms with van der Waals surface area (Å²) in [5, 5.41) is 8.73. The van der Waals surface area contributed by atoms with Gasteiger partial charge in [0.25, 0.3) is 0 Å². The summed E-state index contributed by atoms with van der Waals surface area (Å²) in [6.07, 6.45) is 0. The van der Waals surface area contributed by atoms with E-state index in [-0.39, 0.29) is 5.56 Å². The Hall–Kier alpha value is -2.09. The van der Waals surface area contributed by atoms with Crippen LogP contribution in [-0.2, 0) is 9.74 Å². The number of hydrogen-bond donors (Lipinski definition) is 0. The number of nitriles is 1. The zero-order chi connectivity index (χ0) is 11.3. The lowest BCUT2D eigenvalue weighted by Crippen LogP contribution is -2.11. The van der Waals surface area contributed by atoms with Gasteiger partial charge in [0.1, 0.15) is 5.75 Å². The third-order valence-corrected chi connectivity index (χ3v) is 1.89. The molecule has 0 spiro atoms. The Morgan fingerprint density at radius 2 is 2.20 bits per heavy atom. The number of benzene rings is 1. The molecule has 0 aliphatic carbocycles. The van der Waals surface area contributed by atoms with E-state index in [1.807, 2.05) is 0 Å².